The molecule has 4 heterocycles. The van der Waals surface area contributed by atoms with Gasteiger partial charge in [-0.15, -0.1) is 0 Å². The smallest absolute Gasteiger partial charge is 0.255 e. The SMILES string of the molecule is Cc1cc(C(=O)N2[C@@H]3CC[C@H]2[C@](CO)(Cc2ccccc2)C3)c2c(C)nn(C)c2n1. The highest BCUT2D eigenvalue weighted by atomic mass is 16.3. The molecule has 3 aromatic rings. The van der Waals surface area contributed by atoms with Gasteiger partial charge in [0.1, 0.15) is 0 Å². The molecule has 2 aliphatic heterocycles. The van der Waals surface area contributed by atoms with Crippen LogP contribution in [0.2, 0.25) is 0 Å². The van der Waals surface area contributed by atoms with Gasteiger partial charge in [-0.25, -0.2) is 4.98 Å². The molecule has 2 aliphatic rings. The van der Waals surface area contributed by atoms with Gasteiger partial charge in [-0.05, 0) is 51.2 Å². The van der Waals surface area contributed by atoms with Crippen molar-refractivity contribution in [3.8, 4) is 0 Å². The van der Waals surface area contributed by atoms with E-state index < -0.39 is 0 Å². The second kappa shape index (κ2) is 6.91. The zero-order valence-electron chi connectivity index (χ0n) is 17.8. The number of hydrogen-bond donors (Lipinski definition) is 1. The summed E-state index contributed by atoms with van der Waals surface area (Å²) in [5.41, 5.74) is 4.03. The van der Waals surface area contributed by atoms with Crippen LogP contribution in [0.15, 0.2) is 36.4 Å². The highest BCUT2D eigenvalue weighted by Gasteiger charge is 2.57. The second-order valence-electron chi connectivity index (χ2n) is 9.07. The van der Waals surface area contributed by atoms with Crippen molar-refractivity contribution in [2.24, 2.45) is 12.5 Å². The summed E-state index contributed by atoms with van der Waals surface area (Å²) >= 11 is 0. The lowest BCUT2D eigenvalue weighted by atomic mass is 9.70. The molecule has 6 heteroatoms. The number of aryl methyl sites for hydroxylation is 3. The second-order valence-corrected chi connectivity index (χ2v) is 9.07. The quantitative estimate of drug-likeness (QED) is 0.725. The molecule has 3 atom stereocenters. The average molecular weight is 405 g/mol. The van der Waals surface area contributed by atoms with Gasteiger partial charge in [-0.2, -0.15) is 5.10 Å². The largest absolute Gasteiger partial charge is 0.396 e. The summed E-state index contributed by atoms with van der Waals surface area (Å²) in [6.45, 7) is 3.95. The van der Waals surface area contributed by atoms with E-state index in [9.17, 15) is 9.90 Å². The van der Waals surface area contributed by atoms with Gasteiger partial charge >= 0.3 is 0 Å². The summed E-state index contributed by atoms with van der Waals surface area (Å²) in [5, 5.41) is 15.8. The third-order valence-corrected chi connectivity index (χ3v) is 7.13. The van der Waals surface area contributed by atoms with Gasteiger partial charge in [-0.3, -0.25) is 9.48 Å². The highest BCUT2D eigenvalue weighted by molar-refractivity contribution is 6.07. The molecule has 2 aromatic heterocycles. The molecular weight excluding hydrogens is 376 g/mol. The lowest BCUT2D eigenvalue weighted by Crippen LogP contribution is -2.44. The van der Waals surface area contributed by atoms with Crippen molar-refractivity contribution in [2.45, 2.75) is 51.6 Å². The van der Waals surface area contributed by atoms with Crippen LogP contribution >= 0.6 is 0 Å². The first kappa shape index (κ1) is 19.2. The number of pyridine rings is 1. The van der Waals surface area contributed by atoms with E-state index in [1.165, 1.54) is 5.56 Å². The van der Waals surface area contributed by atoms with Crippen LogP contribution in [0.25, 0.3) is 11.0 Å². The monoisotopic (exact) mass is 404 g/mol. The summed E-state index contributed by atoms with van der Waals surface area (Å²) in [5.74, 6) is 0.0532. The summed E-state index contributed by atoms with van der Waals surface area (Å²) < 4.78 is 1.75. The van der Waals surface area contributed by atoms with E-state index in [4.69, 9.17) is 0 Å². The highest BCUT2D eigenvalue weighted by Crippen LogP contribution is 2.52. The van der Waals surface area contributed by atoms with E-state index in [0.717, 1.165) is 48.1 Å². The average Bonchev–Trinajstić information content (AvgIpc) is 3.37. The molecule has 2 saturated heterocycles. The first-order valence-corrected chi connectivity index (χ1v) is 10.7. The number of hydrogen-bond acceptors (Lipinski definition) is 4. The van der Waals surface area contributed by atoms with Crippen molar-refractivity contribution in [3.63, 3.8) is 0 Å². The Kier molecular flexibility index (Phi) is 4.43. The van der Waals surface area contributed by atoms with E-state index in [2.05, 4.69) is 27.1 Å². The maximum Gasteiger partial charge on any atom is 0.255 e. The van der Waals surface area contributed by atoms with Gasteiger partial charge < -0.3 is 10.0 Å². The van der Waals surface area contributed by atoms with Gasteiger partial charge in [0.05, 0.1) is 23.3 Å². The van der Waals surface area contributed by atoms with Crippen LogP contribution in [0.1, 0.15) is 46.6 Å². The number of amides is 1. The van der Waals surface area contributed by atoms with Crippen LogP contribution in [-0.4, -0.2) is 49.4 Å². The molecule has 2 fully saturated rings. The first-order valence-electron chi connectivity index (χ1n) is 10.7. The molecule has 0 radical (unpaired) electrons. The topological polar surface area (TPSA) is 71.2 Å². The van der Waals surface area contributed by atoms with Crippen molar-refractivity contribution < 1.29 is 9.90 Å². The maximum absolute atomic E-state index is 13.9. The number of fused-ring (bicyclic) bond motifs is 3. The predicted molar refractivity (Wildman–Crippen MR) is 115 cm³/mol. The lowest BCUT2D eigenvalue weighted by Gasteiger charge is -2.36. The summed E-state index contributed by atoms with van der Waals surface area (Å²) in [6, 6.07) is 12.5. The number of benzene rings is 1. The summed E-state index contributed by atoms with van der Waals surface area (Å²) in [4.78, 5) is 20.6. The van der Waals surface area contributed by atoms with Crippen LogP contribution in [0.5, 0.6) is 0 Å². The molecule has 2 bridgehead atoms. The molecule has 1 aromatic carbocycles. The molecule has 0 saturated carbocycles. The summed E-state index contributed by atoms with van der Waals surface area (Å²) in [6.07, 6.45) is 3.61. The minimum atomic E-state index is -0.273. The maximum atomic E-state index is 13.9. The van der Waals surface area contributed by atoms with E-state index in [0.29, 0.717) is 5.56 Å². The first-order chi connectivity index (χ1) is 14.4. The number of aromatic nitrogens is 3. The van der Waals surface area contributed by atoms with Crippen molar-refractivity contribution in [2.75, 3.05) is 6.61 Å². The molecule has 0 unspecified atom stereocenters. The van der Waals surface area contributed by atoms with E-state index in [1.54, 1.807) is 4.68 Å². The third kappa shape index (κ3) is 2.77. The fraction of sp³-hybridized carbons (Fsp3) is 0.458. The van der Waals surface area contributed by atoms with Crippen LogP contribution in [-0.2, 0) is 13.5 Å². The van der Waals surface area contributed by atoms with Crippen molar-refractivity contribution >= 4 is 16.9 Å². The minimum absolute atomic E-state index is 0.0532. The number of aliphatic hydroxyl groups excluding tert-OH is 1. The van der Waals surface area contributed by atoms with Gasteiger partial charge in [0.25, 0.3) is 5.91 Å². The van der Waals surface area contributed by atoms with E-state index >= 15 is 0 Å². The Morgan fingerprint density at radius 2 is 2.00 bits per heavy atom. The molecule has 0 aliphatic carbocycles. The van der Waals surface area contributed by atoms with E-state index in [-0.39, 0.29) is 30.0 Å². The molecule has 156 valence electrons. The zero-order valence-corrected chi connectivity index (χ0v) is 17.8. The van der Waals surface area contributed by atoms with Crippen molar-refractivity contribution in [1.29, 1.82) is 0 Å². The number of aliphatic hydroxyl groups is 1. The molecule has 0 spiro atoms. The fourth-order valence-corrected chi connectivity index (χ4v) is 5.89. The minimum Gasteiger partial charge on any atom is -0.396 e. The molecule has 1 amide bonds. The normalized spacial score (nSPS) is 25.4. The fourth-order valence-electron chi connectivity index (χ4n) is 5.89. The molecule has 5 rings (SSSR count). The lowest BCUT2D eigenvalue weighted by molar-refractivity contribution is 0.0572. The third-order valence-electron chi connectivity index (χ3n) is 7.13. The summed E-state index contributed by atoms with van der Waals surface area (Å²) in [7, 11) is 1.87. The van der Waals surface area contributed by atoms with E-state index in [1.807, 2.05) is 45.2 Å². The van der Waals surface area contributed by atoms with Crippen LogP contribution in [0.4, 0.5) is 0 Å². The Balaban J connectivity index is 1.54. The standard InChI is InChI=1S/C24H28N4O2/c1-15-11-19(21-16(2)26-27(3)22(21)25-15)23(30)28-18-9-10-20(28)24(13-18,14-29)12-17-7-5-4-6-8-17/h4-8,11,18,20,29H,9-10,12-14H2,1-3H3/t18-,20+,24-/m1/s1. The Morgan fingerprint density at radius 1 is 1.23 bits per heavy atom. The van der Waals surface area contributed by atoms with Gasteiger partial charge in [0, 0.05) is 30.2 Å². The van der Waals surface area contributed by atoms with Crippen molar-refractivity contribution in [3.05, 3.63) is 58.9 Å². The number of carbonyl (C=O) groups is 1. The van der Waals surface area contributed by atoms with Crippen molar-refractivity contribution in [1.82, 2.24) is 19.7 Å². The molecular formula is C24H28N4O2. The van der Waals surface area contributed by atoms with Crippen LogP contribution in [0.3, 0.4) is 0 Å². The Labute approximate surface area is 176 Å². The number of carbonyl (C=O) groups excluding carboxylic acids is 1. The zero-order chi connectivity index (χ0) is 21.0. The molecule has 6 nitrogen and oxygen atoms in total. The van der Waals surface area contributed by atoms with Crippen LogP contribution < -0.4 is 0 Å². The number of rotatable bonds is 4. The van der Waals surface area contributed by atoms with Crippen LogP contribution in [0, 0.1) is 19.3 Å². The predicted octanol–water partition coefficient (Wildman–Crippen LogP) is 3.18. The van der Waals surface area contributed by atoms with Gasteiger partial charge in [0.15, 0.2) is 5.65 Å². The number of nitrogens with zero attached hydrogens (tertiary/aromatic N) is 4. The Morgan fingerprint density at radius 3 is 2.73 bits per heavy atom. The molecule has 30 heavy (non-hydrogen) atoms. The molecule has 1 N–H and O–H groups in total. The Hall–Kier alpha value is -2.73. The Bertz CT molecular complexity index is 1120. The van der Waals surface area contributed by atoms with Gasteiger partial charge in [0.2, 0.25) is 0 Å². The van der Waals surface area contributed by atoms with Gasteiger partial charge in [-0.1, -0.05) is 30.3 Å².